The number of aryl methyl sites for hydroxylation is 2. The van der Waals surface area contributed by atoms with E-state index in [1.54, 1.807) is 6.07 Å². The number of hydrogen-bond donors (Lipinski definition) is 3. The predicted octanol–water partition coefficient (Wildman–Crippen LogP) is 0.834. The van der Waals surface area contributed by atoms with Crippen LogP contribution >= 0.6 is 12.2 Å². The Bertz CT molecular complexity index is 1090. The van der Waals surface area contributed by atoms with Gasteiger partial charge in [-0.2, -0.15) is 0 Å². The van der Waals surface area contributed by atoms with Crippen LogP contribution in [0.1, 0.15) is 5.56 Å². The Kier molecular flexibility index (Phi) is 4.60. The van der Waals surface area contributed by atoms with E-state index in [2.05, 4.69) is 9.97 Å². The highest BCUT2D eigenvalue weighted by Crippen LogP contribution is 2.13. The zero-order valence-corrected chi connectivity index (χ0v) is 14.6. The first-order valence-electron chi connectivity index (χ1n) is 7.66. The molecule has 0 aliphatic rings. The lowest BCUT2D eigenvalue weighted by molar-refractivity contribution is 0.0930. The monoisotopic (exact) mass is 362 g/mol. The fraction of sp³-hybridized carbons (Fsp3) is 0.312. The Hall–Kier alpha value is -2.65. The summed E-state index contributed by atoms with van der Waals surface area (Å²) >= 11 is 5.22. The fourth-order valence-corrected chi connectivity index (χ4v) is 2.87. The minimum Gasteiger partial charge on any atom is -0.491 e. The molecule has 0 spiro atoms. The van der Waals surface area contributed by atoms with Crippen LogP contribution in [-0.4, -0.2) is 36.9 Å². The van der Waals surface area contributed by atoms with Gasteiger partial charge in [0.1, 0.15) is 24.1 Å². The van der Waals surface area contributed by atoms with Crippen LogP contribution in [0.2, 0.25) is 0 Å². The Morgan fingerprint density at radius 1 is 1.32 bits per heavy atom. The van der Waals surface area contributed by atoms with E-state index < -0.39 is 17.4 Å². The smallest absolute Gasteiger partial charge is 0.329 e. The molecule has 0 radical (unpaired) electrons. The second-order valence-corrected chi connectivity index (χ2v) is 6.22. The Morgan fingerprint density at radius 2 is 2.08 bits per heavy atom. The van der Waals surface area contributed by atoms with Gasteiger partial charge in [0.25, 0.3) is 5.56 Å². The van der Waals surface area contributed by atoms with Crippen LogP contribution in [0.4, 0.5) is 0 Å². The van der Waals surface area contributed by atoms with E-state index in [0.29, 0.717) is 11.4 Å². The third-order valence-electron chi connectivity index (χ3n) is 3.87. The number of H-pyrrole nitrogens is 2. The van der Waals surface area contributed by atoms with Crippen LogP contribution < -0.4 is 16.0 Å². The molecule has 0 fully saturated rings. The van der Waals surface area contributed by atoms with E-state index in [1.165, 1.54) is 16.2 Å². The van der Waals surface area contributed by atoms with E-state index in [9.17, 15) is 14.7 Å². The molecule has 0 saturated carbocycles. The lowest BCUT2D eigenvalue weighted by Gasteiger charge is -2.13. The van der Waals surface area contributed by atoms with Crippen molar-refractivity contribution in [2.75, 3.05) is 6.61 Å². The SMILES string of the molecule is Cc1cccc(OC[C@@H](O)Cn2c(=S)[nH]c3c2c(=O)[nH]c(=O)n3C)c1. The molecule has 1 aromatic carbocycles. The minimum absolute atomic E-state index is 0.0432. The molecule has 2 heterocycles. The molecule has 0 saturated heterocycles. The average molecular weight is 362 g/mol. The van der Waals surface area contributed by atoms with Gasteiger partial charge < -0.3 is 19.4 Å². The van der Waals surface area contributed by atoms with Gasteiger partial charge in [-0.05, 0) is 36.8 Å². The van der Waals surface area contributed by atoms with Crippen molar-refractivity contribution in [3.05, 3.63) is 55.4 Å². The molecule has 25 heavy (non-hydrogen) atoms. The first kappa shape index (κ1) is 17.2. The molecule has 0 aliphatic carbocycles. The number of nitrogens with one attached hydrogen (secondary N) is 2. The topological polar surface area (TPSA) is 105 Å². The number of imidazole rings is 1. The zero-order chi connectivity index (χ0) is 18.1. The molecular formula is C16H18N4O4S. The van der Waals surface area contributed by atoms with Gasteiger partial charge >= 0.3 is 5.69 Å². The molecule has 3 aromatic rings. The Labute approximate surface area is 147 Å². The van der Waals surface area contributed by atoms with Crippen molar-refractivity contribution in [1.82, 2.24) is 19.1 Å². The van der Waals surface area contributed by atoms with Gasteiger partial charge in [-0.3, -0.25) is 14.3 Å². The number of hydrogen-bond acceptors (Lipinski definition) is 5. The second kappa shape index (κ2) is 6.69. The number of benzene rings is 1. The van der Waals surface area contributed by atoms with Crippen molar-refractivity contribution >= 4 is 23.4 Å². The summed E-state index contributed by atoms with van der Waals surface area (Å²) in [5, 5.41) is 10.3. The van der Waals surface area contributed by atoms with E-state index in [1.807, 2.05) is 25.1 Å². The molecule has 1 atom stereocenters. The summed E-state index contributed by atoms with van der Waals surface area (Å²) < 4.78 is 8.55. The highest BCUT2D eigenvalue weighted by molar-refractivity contribution is 7.71. The van der Waals surface area contributed by atoms with E-state index >= 15 is 0 Å². The van der Waals surface area contributed by atoms with E-state index in [4.69, 9.17) is 17.0 Å². The number of aliphatic hydroxyl groups excluding tert-OH is 1. The number of rotatable bonds is 5. The van der Waals surface area contributed by atoms with Crippen molar-refractivity contribution in [2.24, 2.45) is 7.05 Å². The Balaban J connectivity index is 1.84. The third kappa shape index (κ3) is 3.42. The summed E-state index contributed by atoms with van der Waals surface area (Å²) in [5.41, 5.74) is 0.479. The molecule has 0 unspecified atom stereocenters. The maximum Gasteiger partial charge on any atom is 0.329 e. The van der Waals surface area contributed by atoms with Crippen LogP contribution in [0.15, 0.2) is 33.9 Å². The fourth-order valence-electron chi connectivity index (χ4n) is 2.61. The van der Waals surface area contributed by atoms with Gasteiger partial charge in [0.05, 0.1) is 6.54 Å². The van der Waals surface area contributed by atoms with Gasteiger partial charge in [0.15, 0.2) is 10.3 Å². The van der Waals surface area contributed by atoms with E-state index in [-0.39, 0.29) is 23.4 Å². The van der Waals surface area contributed by atoms with Crippen molar-refractivity contribution in [3.8, 4) is 5.75 Å². The van der Waals surface area contributed by atoms with Crippen molar-refractivity contribution in [3.63, 3.8) is 0 Å². The quantitative estimate of drug-likeness (QED) is 0.583. The summed E-state index contributed by atoms with van der Waals surface area (Å²) in [6.07, 6.45) is -0.886. The molecule has 3 N–H and O–H groups in total. The molecule has 3 rings (SSSR count). The van der Waals surface area contributed by atoms with Gasteiger partial charge in [-0.1, -0.05) is 12.1 Å². The number of aromatic nitrogens is 4. The first-order valence-corrected chi connectivity index (χ1v) is 8.07. The first-order chi connectivity index (χ1) is 11.9. The molecule has 0 aliphatic heterocycles. The Morgan fingerprint density at radius 3 is 2.80 bits per heavy atom. The van der Waals surface area contributed by atoms with Crippen LogP contribution in [0, 0.1) is 11.7 Å². The van der Waals surface area contributed by atoms with Gasteiger partial charge in [-0.25, -0.2) is 4.79 Å². The molecule has 8 nitrogen and oxygen atoms in total. The van der Waals surface area contributed by atoms with Crippen molar-refractivity contribution in [2.45, 2.75) is 19.6 Å². The summed E-state index contributed by atoms with van der Waals surface area (Å²) in [5.74, 6) is 0.654. The lowest BCUT2D eigenvalue weighted by atomic mass is 10.2. The molecule has 0 amide bonds. The van der Waals surface area contributed by atoms with Gasteiger partial charge in [0.2, 0.25) is 0 Å². The van der Waals surface area contributed by atoms with Crippen LogP contribution in [0.25, 0.3) is 11.2 Å². The maximum atomic E-state index is 12.1. The van der Waals surface area contributed by atoms with Crippen molar-refractivity contribution < 1.29 is 9.84 Å². The molecule has 0 bridgehead atoms. The number of aromatic amines is 2. The summed E-state index contributed by atoms with van der Waals surface area (Å²) in [7, 11) is 1.52. The average Bonchev–Trinajstić information content (AvgIpc) is 2.88. The van der Waals surface area contributed by atoms with Gasteiger partial charge in [-0.15, -0.1) is 0 Å². The van der Waals surface area contributed by atoms with Crippen LogP contribution in [0.5, 0.6) is 5.75 Å². The van der Waals surface area contributed by atoms with E-state index in [0.717, 1.165) is 5.56 Å². The lowest BCUT2D eigenvalue weighted by Crippen LogP contribution is -2.30. The summed E-state index contributed by atoms with van der Waals surface area (Å²) in [4.78, 5) is 28.8. The molecular weight excluding hydrogens is 344 g/mol. The maximum absolute atomic E-state index is 12.1. The number of ether oxygens (including phenoxy) is 1. The molecule has 2 aromatic heterocycles. The highest BCUT2D eigenvalue weighted by atomic mass is 32.1. The van der Waals surface area contributed by atoms with Crippen molar-refractivity contribution in [1.29, 1.82) is 0 Å². The summed E-state index contributed by atoms with van der Waals surface area (Å²) in [6, 6.07) is 7.49. The number of nitrogens with zero attached hydrogens (tertiary/aromatic N) is 2. The van der Waals surface area contributed by atoms with Crippen LogP contribution in [0.3, 0.4) is 0 Å². The summed E-state index contributed by atoms with van der Waals surface area (Å²) in [6.45, 7) is 2.05. The van der Waals surface area contributed by atoms with Gasteiger partial charge in [0, 0.05) is 7.05 Å². The third-order valence-corrected chi connectivity index (χ3v) is 4.19. The predicted molar refractivity (Wildman–Crippen MR) is 95.7 cm³/mol. The minimum atomic E-state index is -0.886. The normalized spacial score (nSPS) is 12.4. The number of fused-ring (bicyclic) bond motifs is 1. The zero-order valence-electron chi connectivity index (χ0n) is 13.8. The highest BCUT2D eigenvalue weighted by Gasteiger charge is 2.16. The largest absolute Gasteiger partial charge is 0.491 e. The number of aliphatic hydroxyl groups is 1. The molecule has 132 valence electrons. The van der Waals surface area contributed by atoms with Crippen LogP contribution in [-0.2, 0) is 13.6 Å². The molecule has 9 heteroatoms. The second-order valence-electron chi connectivity index (χ2n) is 5.84. The standard InChI is InChI=1S/C16H18N4O4S/c1-9-4-3-5-11(6-9)24-8-10(21)7-20-12-13(17-16(20)25)19(2)15(23)18-14(12)22/h3-6,10,21H,7-8H2,1-2H3,(H,17,25)(H,18,22,23)/t10-/m0/s1.